The summed E-state index contributed by atoms with van der Waals surface area (Å²) in [7, 11) is 1.80. The number of nitrogens with zero attached hydrogens (tertiary/aromatic N) is 1. The average molecular weight is 196 g/mol. The molecule has 0 aliphatic rings. The topological polar surface area (TPSA) is 66.2 Å². The first kappa shape index (κ1) is 9.73. The number of H-pyrrole nitrogens is 1. The third-order valence-corrected chi connectivity index (χ3v) is 2.17. The minimum atomic E-state index is 0.455. The zero-order chi connectivity index (χ0) is 10.0. The second-order valence-corrected chi connectivity index (χ2v) is 3.03. The number of anilines is 2. The van der Waals surface area contributed by atoms with Gasteiger partial charge in [-0.25, -0.2) is 0 Å². The molecule has 1 aromatic rings. The minimum Gasteiger partial charge on any atom is -0.385 e. The van der Waals surface area contributed by atoms with Crippen molar-refractivity contribution < 1.29 is 0 Å². The van der Waals surface area contributed by atoms with E-state index < -0.39 is 0 Å². The highest BCUT2D eigenvalue weighted by Crippen LogP contribution is 2.30. The molecule has 0 aliphatic carbocycles. The largest absolute Gasteiger partial charge is 0.385 e. The first-order chi connectivity index (χ1) is 6.11. The summed E-state index contributed by atoms with van der Waals surface area (Å²) in [6.07, 6.45) is 0. The molecule has 0 aromatic carbocycles. The van der Waals surface area contributed by atoms with E-state index in [4.69, 9.17) is 18.0 Å². The molecular weight excluding hydrogens is 184 g/mol. The highest BCUT2D eigenvalue weighted by atomic mass is 32.1. The Hall–Kier alpha value is -1.36. The fourth-order valence-corrected chi connectivity index (χ4v) is 1.60. The van der Waals surface area contributed by atoms with E-state index in [0.717, 1.165) is 11.3 Å². The van der Waals surface area contributed by atoms with Gasteiger partial charge in [-0.2, -0.15) is 0 Å². The smallest absolute Gasteiger partial charge is 0.128 e. The van der Waals surface area contributed by atoms with Crippen molar-refractivity contribution in [1.82, 2.24) is 4.98 Å². The van der Waals surface area contributed by atoms with Gasteiger partial charge in [0.2, 0.25) is 0 Å². The summed E-state index contributed by atoms with van der Waals surface area (Å²) in [6.45, 7) is 5.34. The minimum absolute atomic E-state index is 0.455. The van der Waals surface area contributed by atoms with E-state index in [1.54, 1.807) is 7.05 Å². The van der Waals surface area contributed by atoms with Gasteiger partial charge >= 0.3 is 0 Å². The van der Waals surface area contributed by atoms with Crippen LogP contribution in [0.2, 0.25) is 0 Å². The lowest BCUT2D eigenvalue weighted by molar-refractivity contribution is 1.24. The number of rotatable bonds is 2. The molecule has 0 saturated heterocycles. The Morgan fingerprint density at radius 3 is 2.69 bits per heavy atom. The molecule has 70 valence electrons. The van der Waals surface area contributed by atoms with Gasteiger partial charge in [0.05, 0.1) is 5.69 Å². The maximum atomic E-state index is 5.67. The molecule has 0 fully saturated rings. The molecule has 0 atom stereocenters. The standard InChI is InChI=1S/C8H12N4S/c1-4-5(10-2)7(9)12-8(13)6(4)11-3/h11H,2H2,1,3H3,(H3,9,12,13). The Kier molecular flexibility index (Phi) is 2.67. The van der Waals surface area contributed by atoms with Crippen LogP contribution in [-0.2, 0) is 0 Å². The van der Waals surface area contributed by atoms with E-state index >= 15 is 0 Å². The second-order valence-electron chi connectivity index (χ2n) is 2.62. The Labute approximate surface area is 81.9 Å². The maximum absolute atomic E-state index is 5.67. The Balaban J connectivity index is 3.57. The fraction of sp³-hybridized carbons (Fsp3) is 0.250. The second kappa shape index (κ2) is 3.57. The van der Waals surface area contributed by atoms with Crippen LogP contribution in [0.5, 0.6) is 0 Å². The first-order valence-corrected chi connectivity index (χ1v) is 4.19. The van der Waals surface area contributed by atoms with Gasteiger partial charge in [-0.1, -0.05) is 12.2 Å². The molecule has 0 spiro atoms. The summed E-state index contributed by atoms with van der Waals surface area (Å²) in [4.78, 5) is 6.67. The van der Waals surface area contributed by atoms with Crippen molar-refractivity contribution in [2.45, 2.75) is 6.92 Å². The molecular formula is C8H12N4S. The quantitative estimate of drug-likeness (QED) is 0.500. The summed E-state index contributed by atoms with van der Waals surface area (Å²) in [5.41, 5.74) is 8.08. The Morgan fingerprint density at radius 2 is 2.23 bits per heavy atom. The van der Waals surface area contributed by atoms with E-state index in [0.29, 0.717) is 16.1 Å². The predicted octanol–water partition coefficient (Wildman–Crippen LogP) is 2.01. The molecule has 0 unspecified atom stereocenters. The third-order valence-electron chi connectivity index (χ3n) is 1.87. The zero-order valence-corrected chi connectivity index (χ0v) is 8.46. The maximum Gasteiger partial charge on any atom is 0.128 e. The van der Waals surface area contributed by atoms with Gasteiger partial charge in [0.25, 0.3) is 0 Å². The first-order valence-electron chi connectivity index (χ1n) is 3.78. The van der Waals surface area contributed by atoms with Crippen LogP contribution in [0.25, 0.3) is 0 Å². The number of aromatic nitrogens is 1. The summed E-state index contributed by atoms with van der Waals surface area (Å²) in [5, 5.41) is 2.99. The number of pyridine rings is 1. The predicted molar refractivity (Wildman–Crippen MR) is 59.5 cm³/mol. The van der Waals surface area contributed by atoms with Crippen LogP contribution in [0.15, 0.2) is 4.99 Å². The lowest BCUT2D eigenvalue weighted by Gasteiger charge is -2.09. The summed E-state index contributed by atoms with van der Waals surface area (Å²) in [5.74, 6) is 0.455. The van der Waals surface area contributed by atoms with Crippen molar-refractivity contribution in [2.75, 3.05) is 18.1 Å². The molecule has 0 bridgehead atoms. The van der Waals surface area contributed by atoms with E-state index in [1.807, 2.05) is 6.92 Å². The molecule has 13 heavy (non-hydrogen) atoms. The molecule has 5 heteroatoms. The lowest BCUT2D eigenvalue weighted by Crippen LogP contribution is -1.99. The van der Waals surface area contributed by atoms with Crippen molar-refractivity contribution in [3.8, 4) is 0 Å². The van der Waals surface area contributed by atoms with Crippen molar-refractivity contribution in [3.05, 3.63) is 10.2 Å². The van der Waals surface area contributed by atoms with Gasteiger partial charge < -0.3 is 16.0 Å². The van der Waals surface area contributed by atoms with Crippen LogP contribution in [0.1, 0.15) is 5.56 Å². The van der Waals surface area contributed by atoms with E-state index in [1.165, 1.54) is 0 Å². The molecule has 1 aromatic heterocycles. The average Bonchev–Trinajstić information content (AvgIpc) is 2.04. The van der Waals surface area contributed by atoms with Crippen LogP contribution in [0.4, 0.5) is 17.2 Å². The summed E-state index contributed by atoms with van der Waals surface area (Å²) in [6, 6.07) is 0. The van der Waals surface area contributed by atoms with Crippen molar-refractivity contribution in [3.63, 3.8) is 0 Å². The zero-order valence-electron chi connectivity index (χ0n) is 7.64. The number of aromatic amines is 1. The van der Waals surface area contributed by atoms with Crippen molar-refractivity contribution in [2.24, 2.45) is 4.99 Å². The third kappa shape index (κ3) is 1.55. The Morgan fingerprint density at radius 1 is 1.62 bits per heavy atom. The number of nitrogens with one attached hydrogen (secondary N) is 2. The molecule has 4 N–H and O–H groups in total. The summed E-state index contributed by atoms with van der Waals surface area (Å²) < 4.78 is 0.588. The van der Waals surface area contributed by atoms with Gasteiger partial charge in [-0.05, 0) is 13.6 Å². The molecule has 1 rings (SSSR count). The number of hydrogen-bond acceptors (Lipinski definition) is 4. The van der Waals surface area contributed by atoms with Crippen LogP contribution in [0.3, 0.4) is 0 Å². The molecule has 0 aliphatic heterocycles. The van der Waals surface area contributed by atoms with Gasteiger partial charge in [0.1, 0.15) is 16.1 Å². The number of nitrogen functional groups attached to an aromatic ring is 1. The van der Waals surface area contributed by atoms with Crippen LogP contribution >= 0.6 is 12.2 Å². The van der Waals surface area contributed by atoms with E-state index in [9.17, 15) is 0 Å². The normalized spacial score (nSPS) is 9.69. The van der Waals surface area contributed by atoms with Gasteiger partial charge in [-0.3, -0.25) is 4.99 Å². The molecule has 0 amide bonds. The van der Waals surface area contributed by atoms with Crippen LogP contribution in [0, 0.1) is 11.6 Å². The number of nitrogens with two attached hydrogens (primary N) is 1. The molecule has 0 radical (unpaired) electrons. The van der Waals surface area contributed by atoms with Crippen LogP contribution in [-0.4, -0.2) is 18.7 Å². The van der Waals surface area contributed by atoms with Gasteiger partial charge in [0.15, 0.2) is 0 Å². The molecule has 1 heterocycles. The van der Waals surface area contributed by atoms with Crippen molar-refractivity contribution >= 4 is 36.1 Å². The van der Waals surface area contributed by atoms with Crippen LogP contribution < -0.4 is 11.1 Å². The van der Waals surface area contributed by atoms with Gasteiger partial charge in [0, 0.05) is 12.6 Å². The van der Waals surface area contributed by atoms with Crippen molar-refractivity contribution in [1.29, 1.82) is 0 Å². The number of aliphatic imine (C=N–C) groups is 1. The molecule has 0 saturated carbocycles. The highest BCUT2D eigenvalue weighted by Gasteiger charge is 2.07. The highest BCUT2D eigenvalue weighted by molar-refractivity contribution is 7.71. The van der Waals surface area contributed by atoms with E-state index in [2.05, 4.69) is 22.0 Å². The van der Waals surface area contributed by atoms with Gasteiger partial charge in [-0.15, -0.1) is 0 Å². The fourth-order valence-electron chi connectivity index (χ4n) is 1.24. The molecule has 4 nitrogen and oxygen atoms in total. The monoisotopic (exact) mass is 196 g/mol. The summed E-state index contributed by atoms with van der Waals surface area (Å²) >= 11 is 5.07. The van der Waals surface area contributed by atoms with E-state index in [-0.39, 0.29) is 0 Å². The Bertz CT molecular complexity index is 394. The SMILES string of the molecule is C=Nc1c(N)[nH]c(=S)c(NC)c1C. The number of hydrogen-bond donors (Lipinski definition) is 3. The lowest BCUT2D eigenvalue weighted by atomic mass is 10.2.